The molecule has 0 amide bonds. The summed E-state index contributed by atoms with van der Waals surface area (Å²) in [6.45, 7) is 4.56. The lowest BCUT2D eigenvalue weighted by Gasteiger charge is -2.17. The zero-order valence-electron chi connectivity index (χ0n) is 17.9. The first-order valence-electron chi connectivity index (χ1n) is 10.2. The minimum atomic E-state index is -1.00. The Morgan fingerprint density at radius 2 is 1.47 bits per heavy atom. The summed E-state index contributed by atoms with van der Waals surface area (Å²) < 4.78 is 11.0. The molecule has 0 aliphatic carbocycles. The average molecular weight is 438 g/mol. The van der Waals surface area contributed by atoms with Gasteiger partial charge in [-0.25, -0.2) is 0 Å². The predicted octanol–water partition coefficient (Wildman–Crippen LogP) is 4.37. The van der Waals surface area contributed by atoms with Gasteiger partial charge >= 0.3 is 5.97 Å². The summed E-state index contributed by atoms with van der Waals surface area (Å²) in [4.78, 5) is 50.7. The number of ketones is 2. The summed E-state index contributed by atoms with van der Waals surface area (Å²) in [5.74, 6) is -4.31. The molecule has 0 atom stereocenters. The highest BCUT2D eigenvalue weighted by molar-refractivity contribution is 6.17. The molecule has 0 spiro atoms. The number of carbonyl (C=O) groups excluding carboxylic acids is 3. The summed E-state index contributed by atoms with van der Waals surface area (Å²) >= 11 is 0. The topological polar surface area (TPSA) is 131 Å². The monoisotopic (exact) mass is 438 g/mol. The maximum atomic E-state index is 13.2. The van der Waals surface area contributed by atoms with E-state index in [0.717, 1.165) is 0 Å². The van der Waals surface area contributed by atoms with E-state index in [4.69, 9.17) is 9.15 Å². The lowest BCUT2D eigenvalue weighted by molar-refractivity contribution is -0.133. The van der Waals surface area contributed by atoms with Gasteiger partial charge in [0.25, 0.3) is 0 Å². The summed E-state index contributed by atoms with van der Waals surface area (Å²) in [5.41, 5.74) is -1.89. The first-order chi connectivity index (χ1) is 15.3. The summed E-state index contributed by atoms with van der Waals surface area (Å²) in [6, 6.07) is 8.20. The molecule has 2 aromatic carbocycles. The number of ether oxygens (including phenoxy) is 1. The summed E-state index contributed by atoms with van der Waals surface area (Å²) in [6.07, 6.45) is -0.256. The Morgan fingerprint density at radius 3 is 2.03 bits per heavy atom. The second-order valence-electron chi connectivity index (χ2n) is 6.99. The van der Waals surface area contributed by atoms with Gasteiger partial charge < -0.3 is 19.4 Å². The molecule has 0 saturated heterocycles. The van der Waals surface area contributed by atoms with Crippen molar-refractivity contribution in [1.29, 1.82) is 0 Å². The Labute approximate surface area is 183 Å². The molecule has 2 N–H and O–H groups in total. The van der Waals surface area contributed by atoms with E-state index in [9.17, 15) is 29.4 Å². The zero-order valence-corrected chi connectivity index (χ0v) is 17.9. The van der Waals surface area contributed by atoms with Crippen LogP contribution >= 0.6 is 0 Å². The van der Waals surface area contributed by atoms with Gasteiger partial charge in [0.1, 0.15) is 22.3 Å². The van der Waals surface area contributed by atoms with Crippen LogP contribution in [-0.4, -0.2) is 27.7 Å². The molecule has 32 heavy (non-hydrogen) atoms. The van der Waals surface area contributed by atoms with Gasteiger partial charge in [-0.15, -0.1) is 0 Å². The van der Waals surface area contributed by atoms with Gasteiger partial charge in [0.2, 0.25) is 11.2 Å². The minimum Gasteiger partial charge on any atom is -0.506 e. The molecule has 166 valence electrons. The van der Waals surface area contributed by atoms with Crippen molar-refractivity contribution in [3.63, 3.8) is 0 Å². The van der Waals surface area contributed by atoms with E-state index in [1.165, 1.54) is 20.8 Å². The fourth-order valence-corrected chi connectivity index (χ4v) is 3.32. The van der Waals surface area contributed by atoms with Gasteiger partial charge in [-0.2, -0.15) is 0 Å². The number of rotatable bonds is 7. The maximum absolute atomic E-state index is 13.2. The fraction of sp³-hybridized carbons (Fsp3) is 0.250. The molecule has 1 heterocycles. The number of aromatic hydroxyl groups is 2. The van der Waals surface area contributed by atoms with Crippen LogP contribution in [0, 0.1) is 0 Å². The van der Waals surface area contributed by atoms with Crippen LogP contribution < -0.4 is 10.2 Å². The molecule has 0 radical (unpaired) electrons. The number of benzene rings is 2. The Bertz CT molecular complexity index is 1290. The van der Waals surface area contributed by atoms with Crippen LogP contribution in [0.3, 0.4) is 0 Å². The first kappa shape index (κ1) is 22.7. The van der Waals surface area contributed by atoms with Gasteiger partial charge in [-0.1, -0.05) is 51.1 Å². The largest absolute Gasteiger partial charge is 0.506 e. The molecular weight excluding hydrogens is 416 g/mol. The number of hydrogen-bond acceptors (Lipinski definition) is 8. The summed E-state index contributed by atoms with van der Waals surface area (Å²) in [5, 5.41) is 21.1. The van der Waals surface area contributed by atoms with E-state index in [1.807, 2.05) is 0 Å². The molecule has 0 unspecified atom stereocenters. The van der Waals surface area contributed by atoms with Crippen molar-refractivity contribution in [1.82, 2.24) is 0 Å². The van der Waals surface area contributed by atoms with Crippen LogP contribution in [0.1, 0.15) is 60.7 Å². The Hall–Kier alpha value is -3.94. The Morgan fingerprint density at radius 1 is 0.875 bits per heavy atom. The molecule has 8 nitrogen and oxygen atoms in total. The number of Topliss-reactive ketones (excluding diaryl/α,β-unsaturated/α-hetero) is 2. The van der Waals surface area contributed by atoms with Crippen LogP contribution in [0.15, 0.2) is 39.5 Å². The lowest BCUT2D eigenvalue weighted by Crippen LogP contribution is -2.16. The lowest BCUT2D eigenvalue weighted by atomic mass is 9.94. The van der Waals surface area contributed by atoms with Gasteiger partial charge in [-0.05, 0) is 0 Å². The van der Waals surface area contributed by atoms with Crippen LogP contribution in [-0.2, 0) is 4.79 Å². The normalized spacial score (nSPS) is 10.8. The van der Waals surface area contributed by atoms with Gasteiger partial charge in [0, 0.05) is 24.8 Å². The Kier molecular flexibility index (Phi) is 6.43. The molecule has 0 aliphatic heterocycles. The smallest absolute Gasteiger partial charge is 0.310 e. The van der Waals surface area contributed by atoms with Crippen molar-refractivity contribution >= 4 is 28.5 Å². The predicted molar refractivity (Wildman–Crippen MR) is 116 cm³/mol. The number of carbonyl (C=O) groups is 3. The Balaban J connectivity index is 2.60. The van der Waals surface area contributed by atoms with Crippen LogP contribution in [0.5, 0.6) is 17.2 Å². The van der Waals surface area contributed by atoms with Gasteiger partial charge in [-0.3, -0.25) is 19.2 Å². The standard InChI is InChI=1S/C24H22O8/c1-4-13(25)16-19(28)17(14(26)5-2)24-18(23(16)31-15(27)6-3)20(29)21(30)22(32-24)12-10-8-7-9-11-12/h7-11,28,30H,4-6H2,1-3H3. The molecule has 0 bridgehead atoms. The number of esters is 1. The van der Waals surface area contributed by atoms with E-state index in [1.54, 1.807) is 30.3 Å². The van der Waals surface area contributed by atoms with E-state index in [0.29, 0.717) is 5.56 Å². The zero-order chi connectivity index (χ0) is 23.6. The molecule has 3 rings (SSSR count). The van der Waals surface area contributed by atoms with Crippen molar-refractivity contribution in [3.8, 4) is 28.6 Å². The molecular formula is C24H22O8. The quantitative estimate of drug-likeness (QED) is 0.316. The van der Waals surface area contributed by atoms with E-state index in [2.05, 4.69) is 0 Å². The van der Waals surface area contributed by atoms with Crippen LogP contribution in [0.2, 0.25) is 0 Å². The third-order valence-electron chi connectivity index (χ3n) is 4.98. The second kappa shape index (κ2) is 9.05. The number of fused-ring (bicyclic) bond motifs is 1. The molecule has 0 fully saturated rings. The number of phenolic OH excluding ortho intramolecular Hbond substituents is 1. The average Bonchev–Trinajstić information content (AvgIpc) is 2.80. The maximum Gasteiger partial charge on any atom is 0.310 e. The highest BCUT2D eigenvalue weighted by Crippen LogP contribution is 2.43. The third-order valence-corrected chi connectivity index (χ3v) is 4.98. The van der Waals surface area contributed by atoms with Gasteiger partial charge in [0.15, 0.2) is 28.7 Å². The SMILES string of the molecule is CCC(=O)Oc1c(C(=O)CC)c(O)c(C(=O)CC)c2oc(-c3ccccc3)c(O)c(=O)c12. The highest BCUT2D eigenvalue weighted by atomic mass is 16.5. The van der Waals surface area contributed by atoms with Crippen LogP contribution in [0.4, 0.5) is 0 Å². The van der Waals surface area contributed by atoms with Crippen LogP contribution in [0.25, 0.3) is 22.3 Å². The van der Waals surface area contributed by atoms with Crippen molar-refractivity contribution in [2.45, 2.75) is 40.0 Å². The van der Waals surface area contributed by atoms with Crippen molar-refractivity contribution in [3.05, 3.63) is 51.7 Å². The minimum absolute atomic E-state index is 0.0677. The van der Waals surface area contributed by atoms with Crippen molar-refractivity contribution < 1.29 is 33.8 Å². The molecule has 0 saturated carbocycles. The number of phenols is 1. The van der Waals surface area contributed by atoms with Crippen molar-refractivity contribution in [2.24, 2.45) is 0 Å². The van der Waals surface area contributed by atoms with E-state index >= 15 is 0 Å². The van der Waals surface area contributed by atoms with Crippen molar-refractivity contribution in [2.75, 3.05) is 0 Å². The molecule has 8 heteroatoms. The second-order valence-corrected chi connectivity index (χ2v) is 6.99. The molecule has 0 aliphatic rings. The highest BCUT2D eigenvalue weighted by Gasteiger charge is 2.33. The summed E-state index contributed by atoms with van der Waals surface area (Å²) in [7, 11) is 0. The fourth-order valence-electron chi connectivity index (χ4n) is 3.32. The number of hydrogen-bond donors (Lipinski definition) is 2. The first-order valence-corrected chi connectivity index (χ1v) is 10.2. The van der Waals surface area contributed by atoms with Gasteiger partial charge in [0.05, 0.1) is 0 Å². The van der Waals surface area contributed by atoms with E-state index in [-0.39, 0.29) is 36.2 Å². The molecule has 1 aromatic heterocycles. The molecule has 3 aromatic rings. The van der Waals surface area contributed by atoms with E-state index < -0.39 is 51.2 Å². The third kappa shape index (κ3) is 3.75.